The number of rotatable bonds is 5. The Labute approximate surface area is 79.7 Å². The first-order valence-electron chi connectivity index (χ1n) is 4.78. The van der Waals surface area contributed by atoms with Gasteiger partial charge >= 0.3 is 0 Å². The summed E-state index contributed by atoms with van der Waals surface area (Å²) in [5, 5.41) is 0. The third-order valence-electron chi connectivity index (χ3n) is 1.95. The molecular formula is C11H17NO. The Kier molecular flexibility index (Phi) is 4.33. The van der Waals surface area contributed by atoms with E-state index in [1.165, 1.54) is 5.56 Å². The Morgan fingerprint density at radius 2 is 1.92 bits per heavy atom. The monoisotopic (exact) mass is 179 g/mol. The quantitative estimate of drug-likeness (QED) is 0.701. The molecule has 0 heterocycles. The number of ether oxygens (including phenoxy) is 1. The van der Waals surface area contributed by atoms with Gasteiger partial charge in [-0.15, -0.1) is 0 Å². The highest BCUT2D eigenvalue weighted by molar-refractivity contribution is 5.27. The molecule has 0 aliphatic carbocycles. The molecule has 0 saturated heterocycles. The largest absolute Gasteiger partial charge is 0.494 e. The maximum Gasteiger partial charge on any atom is 0.119 e. The van der Waals surface area contributed by atoms with E-state index >= 15 is 0 Å². The van der Waals surface area contributed by atoms with Gasteiger partial charge in [0.15, 0.2) is 0 Å². The first kappa shape index (κ1) is 10.1. The molecule has 0 atom stereocenters. The number of hydrogen-bond acceptors (Lipinski definition) is 2. The second-order valence-corrected chi connectivity index (χ2v) is 2.99. The van der Waals surface area contributed by atoms with E-state index in [1.54, 1.807) is 0 Å². The van der Waals surface area contributed by atoms with Gasteiger partial charge < -0.3 is 10.5 Å². The van der Waals surface area contributed by atoms with Gasteiger partial charge in [-0.25, -0.2) is 0 Å². The Balaban J connectivity index is 2.40. The summed E-state index contributed by atoms with van der Waals surface area (Å²) >= 11 is 0. The van der Waals surface area contributed by atoms with Crippen LogP contribution in [-0.2, 0) is 6.42 Å². The van der Waals surface area contributed by atoms with Gasteiger partial charge in [-0.2, -0.15) is 0 Å². The van der Waals surface area contributed by atoms with Crippen molar-refractivity contribution in [1.82, 2.24) is 0 Å². The predicted molar refractivity (Wildman–Crippen MR) is 55.0 cm³/mol. The van der Waals surface area contributed by atoms with Gasteiger partial charge in [0.1, 0.15) is 5.75 Å². The Morgan fingerprint density at radius 3 is 2.46 bits per heavy atom. The normalized spacial score (nSPS) is 10.0. The average molecular weight is 179 g/mol. The molecule has 72 valence electrons. The van der Waals surface area contributed by atoms with E-state index < -0.39 is 0 Å². The van der Waals surface area contributed by atoms with Gasteiger partial charge in [0.05, 0.1) is 6.61 Å². The van der Waals surface area contributed by atoms with E-state index in [0.29, 0.717) is 13.2 Å². The molecule has 1 rings (SSSR count). The molecule has 1 aromatic rings. The smallest absolute Gasteiger partial charge is 0.119 e. The van der Waals surface area contributed by atoms with Crippen LogP contribution in [0, 0.1) is 0 Å². The average Bonchev–Trinajstić information content (AvgIpc) is 2.19. The number of nitrogens with two attached hydrogens (primary N) is 1. The number of hydrogen-bond donors (Lipinski definition) is 1. The lowest BCUT2D eigenvalue weighted by atomic mass is 10.2. The molecule has 0 aliphatic heterocycles. The van der Waals surface area contributed by atoms with Crippen molar-refractivity contribution in [3.63, 3.8) is 0 Å². The Morgan fingerprint density at radius 1 is 1.23 bits per heavy atom. The van der Waals surface area contributed by atoms with Gasteiger partial charge in [-0.3, -0.25) is 0 Å². The molecule has 2 N–H and O–H groups in total. The van der Waals surface area contributed by atoms with Crippen molar-refractivity contribution in [1.29, 1.82) is 0 Å². The molecule has 13 heavy (non-hydrogen) atoms. The van der Waals surface area contributed by atoms with Crippen LogP contribution in [0.5, 0.6) is 5.75 Å². The second kappa shape index (κ2) is 5.60. The summed E-state index contributed by atoms with van der Waals surface area (Å²) < 4.78 is 5.47. The summed E-state index contributed by atoms with van der Waals surface area (Å²) in [6.45, 7) is 3.54. The molecule has 0 spiro atoms. The highest BCUT2D eigenvalue weighted by atomic mass is 16.5. The summed E-state index contributed by atoms with van der Waals surface area (Å²) in [6.07, 6.45) is 1.98. The highest BCUT2D eigenvalue weighted by Crippen LogP contribution is 2.12. The van der Waals surface area contributed by atoms with Crippen molar-refractivity contribution in [3.05, 3.63) is 29.8 Å². The fourth-order valence-corrected chi connectivity index (χ4v) is 1.09. The number of benzene rings is 1. The zero-order valence-electron chi connectivity index (χ0n) is 8.12. The van der Waals surface area contributed by atoms with Crippen molar-refractivity contribution in [2.45, 2.75) is 19.8 Å². The molecule has 0 aromatic heterocycles. The zero-order chi connectivity index (χ0) is 9.52. The lowest BCUT2D eigenvalue weighted by molar-refractivity contribution is 0.313. The Bertz CT molecular complexity index is 230. The van der Waals surface area contributed by atoms with Crippen LogP contribution in [0.2, 0.25) is 0 Å². The number of aryl methyl sites for hydroxylation is 1. The third kappa shape index (κ3) is 3.47. The zero-order valence-corrected chi connectivity index (χ0v) is 8.12. The maximum absolute atomic E-state index is 5.47. The summed E-state index contributed by atoms with van der Waals surface area (Å²) in [5.74, 6) is 0.936. The predicted octanol–water partition coefficient (Wildman–Crippen LogP) is 1.98. The van der Waals surface area contributed by atoms with Gasteiger partial charge in [-0.05, 0) is 37.1 Å². The van der Waals surface area contributed by atoms with Crippen LogP contribution in [0.3, 0.4) is 0 Å². The molecule has 0 aliphatic rings. The molecule has 0 fully saturated rings. The molecule has 1 aromatic carbocycles. The van der Waals surface area contributed by atoms with Gasteiger partial charge in [0, 0.05) is 0 Å². The van der Waals surface area contributed by atoms with Crippen molar-refractivity contribution in [3.8, 4) is 5.75 Å². The lowest BCUT2D eigenvalue weighted by Crippen LogP contribution is -2.05. The van der Waals surface area contributed by atoms with Crippen LogP contribution < -0.4 is 10.5 Å². The van der Waals surface area contributed by atoms with Crippen molar-refractivity contribution < 1.29 is 4.74 Å². The summed E-state index contributed by atoms with van der Waals surface area (Å²) in [5.41, 5.74) is 6.70. The summed E-state index contributed by atoms with van der Waals surface area (Å²) in [4.78, 5) is 0. The molecule has 2 heteroatoms. The first-order valence-corrected chi connectivity index (χ1v) is 4.78. The minimum Gasteiger partial charge on any atom is -0.494 e. The van der Waals surface area contributed by atoms with Gasteiger partial charge in [0.25, 0.3) is 0 Å². The van der Waals surface area contributed by atoms with Crippen LogP contribution in [0.1, 0.15) is 18.9 Å². The van der Waals surface area contributed by atoms with E-state index in [-0.39, 0.29) is 0 Å². The van der Waals surface area contributed by atoms with Crippen LogP contribution in [0.4, 0.5) is 0 Å². The van der Waals surface area contributed by atoms with Crippen molar-refractivity contribution in [2.75, 3.05) is 13.2 Å². The summed E-state index contributed by atoms with van der Waals surface area (Å²) in [6, 6.07) is 8.21. The van der Waals surface area contributed by atoms with E-state index in [9.17, 15) is 0 Å². The van der Waals surface area contributed by atoms with E-state index in [0.717, 1.165) is 18.6 Å². The molecule has 0 unspecified atom stereocenters. The van der Waals surface area contributed by atoms with Crippen LogP contribution >= 0.6 is 0 Å². The van der Waals surface area contributed by atoms with E-state index in [1.807, 2.05) is 12.1 Å². The topological polar surface area (TPSA) is 35.2 Å². The molecule has 2 nitrogen and oxygen atoms in total. The van der Waals surface area contributed by atoms with Crippen molar-refractivity contribution in [2.24, 2.45) is 5.73 Å². The second-order valence-electron chi connectivity index (χ2n) is 2.99. The minimum atomic E-state index is 0.688. The standard InChI is InChI=1S/C11H17NO/c1-2-10-4-6-11(7-5-10)13-9-3-8-12/h4-7H,2-3,8-9,12H2,1H3. The fraction of sp³-hybridized carbons (Fsp3) is 0.455. The molecule has 0 saturated carbocycles. The lowest BCUT2D eigenvalue weighted by Gasteiger charge is -2.05. The molecule has 0 bridgehead atoms. The first-order chi connectivity index (χ1) is 6.36. The maximum atomic E-state index is 5.47. The van der Waals surface area contributed by atoms with Crippen LogP contribution in [0.15, 0.2) is 24.3 Å². The molecular weight excluding hydrogens is 162 g/mol. The molecule has 0 radical (unpaired) electrons. The van der Waals surface area contributed by atoms with E-state index in [4.69, 9.17) is 10.5 Å². The Hall–Kier alpha value is -1.02. The molecule has 0 amide bonds. The highest BCUT2D eigenvalue weighted by Gasteiger charge is 1.92. The summed E-state index contributed by atoms with van der Waals surface area (Å²) in [7, 11) is 0. The van der Waals surface area contributed by atoms with Crippen LogP contribution in [0.25, 0.3) is 0 Å². The SMILES string of the molecule is CCc1ccc(OCCCN)cc1. The van der Waals surface area contributed by atoms with Crippen LogP contribution in [-0.4, -0.2) is 13.2 Å². The minimum absolute atomic E-state index is 0.688. The van der Waals surface area contributed by atoms with Gasteiger partial charge in [-0.1, -0.05) is 19.1 Å². The van der Waals surface area contributed by atoms with Gasteiger partial charge in [0.2, 0.25) is 0 Å². The van der Waals surface area contributed by atoms with Crippen molar-refractivity contribution >= 4 is 0 Å². The third-order valence-corrected chi connectivity index (χ3v) is 1.95. The van der Waals surface area contributed by atoms with E-state index in [2.05, 4.69) is 19.1 Å². The fourth-order valence-electron chi connectivity index (χ4n) is 1.09.